The van der Waals surface area contributed by atoms with Crippen LogP contribution in [0.1, 0.15) is 10.4 Å². The van der Waals surface area contributed by atoms with E-state index in [4.69, 9.17) is 22.8 Å². The van der Waals surface area contributed by atoms with Gasteiger partial charge in [0.1, 0.15) is 0 Å². The molecule has 1 aromatic carbocycles. The molecule has 0 aliphatic heterocycles. The fourth-order valence-electron chi connectivity index (χ4n) is 0.905. The van der Waals surface area contributed by atoms with E-state index in [0.717, 1.165) is 6.29 Å². The summed E-state index contributed by atoms with van der Waals surface area (Å²) < 4.78 is 0. The molecule has 0 aliphatic rings. The molecule has 0 unspecified atom stereocenters. The van der Waals surface area contributed by atoms with E-state index in [2.05, 4.69) is 0 Å². The Hall–Kier alpha value is -0.540. The van der Waals surface area contributed by atoms with Gasteiger partial charge in [-0.1, -0.05) is 36.1 Å². The predicted octanol–water partition coefficient (Wildman–Crippen LogP) is 0.351. The second kappa shape index (κ2) is 3.46. The predicted molar refractivity (Wildman–Crippen MR) is 54.1 cm³/mol. The van der Waals surface area contributed by atoms with Crippen LogP contribution in [-0.2, 0) is 11.8 Å². The Morgan fingerprint density at radius 2 is 1.92 bits per heavy atom. The van der Waals surface area contributed by atoms with Crippen molar-refractivity contribution in [1.29, 1.82) is 0 Å². The number of hydrogen-bond acceptors (Lipinski definition) is 2. The molecule has 0 fully saturated rings. The van der Waals surface area contributed by atoms with E-state index >= 15 is 0 Å². The zero-order valence-electron chi connectivity index (χ0n) is 6.31. The molecule has 0 spiro atoms. The minimum Gasteiger partial charge on any atom is -0.298 e. The van der Waals surface area contributed by atoms with Gasteiger partial charge in [0, 0.05) is 10.9 Å². The smallest absolute Gasteiger partial charge is 0.150 e. The lowest BCUT2D eigenvalue weighted by molar-refractivity contribution is 0.112. The van der Waals surface area contributed by atoms with E-state index in [-0.39, 0.29) is 0 Å². The molecule has 0 saturated carbocycles. The summed E-state index contributed by atoms with van der Waals surface area (Å²) in [7, 11) is 0. The van der Waals surface area contributed by atoms with Crippen LogP contribution < -0.4 is 16.3 Å². The SMILES string of the molecule is NP(N)(=S)c1ccccc1C=O. The first-order valence-electron chi connectivity index (χ1n) is 3.27. The fraction of sp³-hybridized carbons (Fsp3) is 0. The third-order valence-electron chi connectivity index (χ3n) is 1.44. The van der Waals surface area contributed by atoms with Crippen LogP contribution in [0.15, 0.2) is 24.3 Å². The Balaban J connectivity index is 3.33. The molecule has 12 heavy (non-hydrogen) atoms. The van der Waals surface area contributed by atoms with E-state index in [9.17, 15) is 4.79 Å². The molecule has 4 N–H and O–H groups in total. The van der Waals surface area contributed by atoms with Crippen molar-refractivity contribution in [2.45, 2.75) is 0 Å². The molecule has 64 valence electrons. The lowest BCUT2D eigenvalue weighted by Gasteiger charge is -2.11. The second-order valence-corrected chi connectivity index (χ2v) is 6.10. The molecule has 0 radical (unpaired) electrons. The summed E-state index contributed by atoms with van der Waals surface area (Å²) in [6, 6.07) is 6.87. The Labute approximate surface area is 75.9 Å². The lowest BCUT2D eigenvalue weighted by Crippen LogP contribution is -2.21. The number of carbonyl (C=O) groups is 1. The fourth-order valence-corrected chi connectivity index (χ4v) is 2.25. The van der Waals surface area contributed by atoms with Gasteiger partial charge >= 0.3 is 0 Å². The average Bonchev–Trinajstić information content (AvgIpc) is 2.03. The first-order chi connectivity index (χ1) is 5.55. The molecular weight excluding hydrogens is 191 g/mol. The van der Waals surface area contributed by atoms with E-state index in [1.807, 2.05) is 0 Å². The van der Waals surface area contributed by atoms with Gasteiger partial charge in [0.2, 0.25) is 0 Å². The Bertz CT molecular complexity index is 347. The lowest BCUT2D eigenvalue weighted by atomic mass is 10.2. The van der Waals surface area contributed by atoms with Crippen molar-refractivity contribution in [3.63, 3.8) is 0 Å². The van der Waals surface area contributed by atoms with Gasteiger partial charge < -0.3 is 0 Å². The van der Waals surface area contributed by atoms with Gasteiger partial charge in [-0.3, -0.25) is 15.8 Å². The normalized spacial score (nSPS) is 11.2. The summed E-state index contributed by atoms with van der Waals surface area (Å²) in [5, 5.41) is 0.593. The summed E-state index contributed by atoms with van der Waals surface area (Å²) in [5.41, 5.74) is 11.6. The Morgan fingerprint density at radius 3 is 2.33 bits per heavy atom. The minimum atomic E-state index is -2.47. The molecule has 5 heteroatoms. The molecule has 0 atom stereocenters. The van der Waals surface area contributed by atoms with Gasteiger partial charge in [-0.15, -0.1) is 0 Å². The topological polar surface area (TPSA) is 69.1 Å². The van der Waals surface area contributed by atoms with Gasteiger partial charge in [-0.2, -0.15) is 0 Å². The first-order valence-corrected chi connectivity index (χ1v) is 6.21. The minimum absolute atomic E-state index is 0.492. The van der Waals surface area contributed by atoms with Crippen LogP contribution in [0.2, 0.25) is 0 Å². The number of nitrogens with two attached hydrogens (primary N) is 2. The monoisotopic (exact) mass is 200 g/mol. The van der Waals surface area contributed by atoms with Crippen LogP contribution in [0.25, 0.3) is 0 Å². The molecular formula is C7H9N2OPS. The van der Waals surface area contributed by atoms with Gasteiger partial charge in [0.15, 0.2) is 6.29 Å². The Morgan fingerprint density at radius 1 is 1.33 bits per heavy atom. The van der Waals surface area contributed by atoms with Gasteiger partial charge in [0.05, 0.1) is 6.34 Å². The summed E-state index contributed by atoms with van der Waals surface area (Å²) in [5.74, 6) is 0. The molecule has 1 aromatic rings. The summed E-state index contributed by atoms with van der Waals surface area (Å²) in [6.45, 7) is 0. The van der Waals surface area contributed by atoms with E-state index in [1.54, 1.807) is 24.3 Å². The van der Waals surface area contributed by atoms with Gasteiger partial charge in [-0.25, -0.2) is 0 Å². The molecule has 1 rings (SSSR count). The van der Waals surface area contributed by atoms with Crippen LogP contribution in [0.3, 0.4) is 0 Å². The zero-order chi connectivity index (χ0) is 9.19. The molecule has 3 nitrogen and oxygen atoms in total. The van der Waals surface area contributed by atoms with Crippen molar-refractivity contribution in [3.05, 3.63) is 29.8 Å². The highest BCUT2D eigenvalue weighted by Gasteiger charge is 2.11. The number of aldehydes is 1. The van der Waals surface area contributed by atoms with Crippen molar-refractivity contribution >= 4 is 29.7 Å². The van der Waals surface area contributed by atoms with Crippen LogP contribution in [0.5, 0.6) is 0 Å². The van der Waals surface area contributed by atoms with Crippen LogP contribution in [-0.4, -0.2) is 6.29 Å². The molecule has 0 amide bonds. The maximum atomic E-state index is 10.5. The van der Waals surface area contributed by atoms with Gasteiger partial charge in [-0.05, 0) is 0 Å². The van der Waals surface area contributed by atoms with Crippen molar-refractivity contribution in [3.8, 4) is 0 Å². The summed E-state index contributed by atoms with van der Waals surface area (Å²) >= 11 is 4.91. The highest BCUT2D eigenvalue weighted by molar-refractivity contribution is 8.16. The quantitative estimate of drug-likeness (QED) is 0.534. The second-order valence-electron chi connectivity index (χ2n) is 2.39. The van der Waals surface area contributed by atoms with Crippen molar-refractivity contribution in [2.75, 3.05) is 0 Å². The molecule has 0 aromatic heterocycles. The molecule has 0 bridgehead atoms. The van der Waals surface area contributed by atoms with Crippen molar-refractivity contribution in [1.82, 2.24) is 0 Å². The van der Waals surface area contributed by atoms with Crippen LogP contribution in [0.4, 0.5) is 0 Å². The third-order valence-corrected chi connectivity index (χ3v) is 3.19. The summed E-state index contributed by atoms with van der Waals surface area (Å²) in [4.78, 5) is 10.5. The van der Waals surface area contributed by atoms with Crippen LogP contribution in [0, 0.1) is 0 Å². The number of rotatable bonds is 2. The first kappa shape index (κ1) is 9.55. The number of carbonyl (C=O) groups excluding carboxylic acids is 1. The van der Waals surface area contributed by atoms with Crippen molar-refractivity contribution in [2.24, 2.45) is 11.0 Å². The molecule has 0 heterocycles. The van der Waals surface area contributed by atoms with Crippen LogP contribution >= 0.6 is 6.34 Å². The zero-order valence-corrected chi connectivity index (χ0v) is 8.02. The third kappa shape index (κ3) is 1.99. The van der Waals surface area contributed by atoms with Gasteiger partial charge in [0.25, 0.3) is 0 Å². The number of benzene rings is 1. The maximum Gasteiger partial charge on any atom is 0.150 e. The number of hydrogen-bond donors (Lipinski definition) is 2. The van der Waals surface area contributed by atoms with E-state index in [1.165, 1.54) is 0 Å². The molecule has 0 saturated heterocycles. The largest absolute Gasteiger partial charge is 0.298 e. The standard InChI is InChI=1S/C7H9N2OPS/c8-11(9,12)7-4-2-1-3-6(7)5-10/h1-5H,(H4,8,9,12). The van der Waals surface area contributed by atoms with E-state index in [0.29, 0.717) is 10.9 Å². The average molecular weight is 200 g/mol. The highest BCUT2D eigenvalue weighted by atomic mass is 32.4. The molecule has 0 aliphatic carbocycles. The maximum absolute atomic E-state index is 10.5. The summed E-state index contributed by atoms with van der Waals surface area (Å²) in [6.07, 6.45) is -1.75. The highest BCUT2D eigenvalue weighted by Crippen LogP contribution is 2.25. The van der Waals surface area contributed by atoms with Crippen molar-refractivity contribution < 1.29 is 4.79 Å². The van der Waals surface area contributed by atoms with E-state index < -0.39 is 6.34 Å². The Kier molecular flexibility index (Phi) is 2.75.